The summed E-state index contributed by atoms with van der Waals surface area (Å²) >= 11 is 6.25. The van der Waals surface area contributed by atoms with Gasteiger partial charge in [0.2, 0.25) is 0 Å². The standard InChI is InChI=1S/C19H22ClNO4S/c1-4-16-17(20)7-6-8-18(16)21(13-19(22)25-5-2)26(23,24)15-11-9-14(3)10-12-15/h6-12H,4-5,13H2,1-3H3. The monoisotopic (exact) mass is 395 g/mol. The van der Waals surface area contributed by atoms with Crippen LogP contribution in [0, 0.1) is 6.92 Å². The first-order valence-electron chi connectivity index (χ1n) is 8.33. The van der Waals surface area contributed by atoms with Gasteiger partial charge in [-0.2, -0.15) is 0 Å². The molecule has 0 bridgehead atoms. The van der Waals surface area contributed by atoms with Crippen LogP contribution in [0.25, 0.3) is 0 Å². The Hall–Kier alpha value is -2.05. The van der Waals surface area contributed by atoms with Gasteiger partial charge in [-0.3, -0.25) is 9.10 Å². The van der Waals surface area contributed by atoms with E-state index in [0.29, 0.717) is 22.7 Å². The number of esters is 1. The fourth-order valence-electron chi connectivity index (χ4n) is 2.59. The first-order chi connectivity index (χ1) is 12.3. The van der Waals surface area contributed by atoms with E-state index in [1.165, 1.54) is 12.1 Å². The molecule has 0 aliphatic rings. The van der Waals surface area contributed by atoms with Crippen molar-refractivity contribution < 1.29 is 17.9 Å². The number of ether oxygens (including phenoxy) is 1. The normalized spacial score (nSPS) is 11.2. The maximum atomic E-state index is 13.2. The molecule has 7 heteroatoms. The molecule has 0 atom stereocenters. The Morgan fingerprint density at radius 3 is 2.35 bits per heavy atom. The third-order valence-electron chi connectivity index (χ3n) is 3.90. The van der Waals surface area contributed by atoms with Gasteiger partial charge in [-0.1, -0.05) is 42.3 Å². The first kappa shape index (κ1) is 20.3. The molecule has 0 heterocycles. The van der Waals surface area contributed by atoms with Crippen LogP contribution in [0.4, 0.5) is 5.69 Å². The van der Waals surface area contributed by atoms with Crippen molar-refractivity contribution in [3.05, 3.63) is 58.6 Å². The molecule has 0 N–H and O–H groups in total. The van der Waals surface area contributed by atoms with Gasteiger partial charge in [0.05, 0.1) is 17.2 Å². The van der Waals surface area contributed by atoms with Crippen molar-refractivity contribution in [2.45, 2.75) is 32.1 Å². The molecule has 0 radical (unpaired) electrons. The quantitative estimate of drug-likeness (QED) is 0.665. The highest BCUT2D eigenvalue weighted by atomic mass is 35.5. The van der Waals surface area contributed by atoms with Gasteiger partial charge in [0.15, 0.2) is 0 Å². The van der Waals surface area contributed by atoms with Gasteiger partial charge in [0.25, 0.3) is 10.0 Å². The Labute approximate surface area is 159 Å². The number of carbonyl (C=O) groups is 1. The van der Waals surface area contributed by atoms with E-state index in [-0.39, 0.29) is 11.5 Å². The zero-order valence-corrected chi connectivity index (χ0v) is 16.6. The van der Waals surface area contributed by atoms with Crippen LogP contribution < -0.4 is 4.31 Å². The highest BCUT2D eigenvalue weighted by Crippen LogP contribution is 2.32. The highest BCUT2D eigenvalue weighted by Gasteiger charge is 2.29. The van der Waals surface area contributed by atoms with Crippen molar-refractivity contribution in [3.8, 4) is 0 Å². The molecule has 0 aliphatic heterocycles. The van der Waals surface area contributed by atoms with Gasteiger partial charge in [-0.25, -0.2) is 8.42 Å². The molecule has 0 aromatic heterocycles. The van der Waals surface area contributed by atoms with Crippen LogP contribution >= 0.6 is 11.6 Å². The first-order valence-corrected chi connectivity index (χ1v) is 10.2. The highest BCUT2D eigenvalue weighted by molar-refractivity contribution is 7.92. The third-order valence-corrected chi connectivity index (χ3v) is 6.03. The molecule has 2 rings (SSSR count). The van der Waals surface area contributed by atoms with Gasteiger partial charge < -0.3 is 4.74 Å². The summed E-state index contributed by atoms with van der Waals surface area (Å²) in [4.78, 5) is 12.2. The number of benzene rings is 2. The summed E-state index contributed by atoms with van der Waals surface area (Å²) in [6.07, 6.45) is 0.526. The third kappa shape index (κ3) is 4.37. The predicted molar refractivity (Wildman–Crippen MR) is 103 cm³/mol. The zero-order chi connectivity index (χ0) is 19.3. The van der Waals surface area contributed by atoms with Gasteiger partial charge in [0.1, 0.15) is 6.54 Å². The maximum absolute atomic E-state index is 13.2. The number of nitrogens with zero attached hydrogens (tertiary/aromatic N) is 1. The van der Waals surface area contributed by atoms with Crippen LogP contribution in [0.3, 0.4) is 0 Å². The summed E-state index contributed by atoms with van der Waals surface area (Å²) in [7, 11) is -3.96. The Bertz CT molecular complexity index is 879. The molecule has 0 saturated carbocycles. The summed E-state index contributed by atoms with van der Waals surface area (Å²) < 4.78 is 32.5. The predicted octanol–water partition coefficient (Wildman–Crippen LogP) is 3.97. The topological polar surface area (TPSA) is 63.7 Å². The molecule has 0 spiro atoms. The summed E-state index contributed by atoms with van der Waals surface area (Å²) in [5.74, 6) is -0.620. The molecule has 26 heavy (non-hydrogen) atoms. The lowest BCUT2D eigenvalue weighted by atomic mass is 10.1. The second kappa shape index (κ2) is 8.56. The minimum atomic E-state index is -3.96. The lowest BCUT2D eigenvalue weighted by Crippen LogP contribution is -2.37. The van der Waals surface area contributed by atoms with E-state index >= 15 is 0 Å². The summed E-state index contributed by atoms with van der Waals surface area (Å²) in [6.45, 7) is 5.18. The van der Waals surface area contributed by atoms with Crippen molar-refractivity contribution in [2.24, 2.45) is 0 Å². The van der Waals surface area contributed by atoms with E-state index < -0.39 is 22.5 Å². The number of carbonyl (C=O) groups excluding carboxylic acids is 1. The van der Waals surface area contributed by atoms with E-state index in [0.717, 1.165) is 9.87 Å². The minimum Gasteiger partial charge on any atom is -0.465 e. The smallest absolute Gasteiger partial charge is 0.326 e. The van der Waals surface area contributed by atoms with E-state index in [2.05, 4.69) is 0 Å². The Morgan fingerprint density at radius 1 is 1.12 bits per heavy atom. The molecule has 0 amide bonds. The summed E-state index contributed by atoms with van der Waals surface area (Å²) in [5, 5.41) is 0.456. The molecule has 0 saturated heterocycles. The van der Waals surface area contributed by atoms with Crippen LogP contribution in [0.5, 0.6) is 0 Å². The lowest BCUT2D eigenvalue weighted by molar-refractivity contribution is -0.141. The van der Waals surface area contributed by atoms with E-state index in [1.54, 1.807) is 37.3 Å². The molecule has 140 valence electrons. The molecule has 5 nitrogen and oxygen atoms in total. The molecule has 0 aliphatic carbocycles. The maximum Gasteiger partial charge on any atom is 0.326 e. The fourth-order valence-corrected chi connectivity index (χ4v) is 4.33. The Kier molecular flexibility index (Phi) is 6.67. The average molecular weight is 396 g/mol. The lowest BCUT2D eigenvalue weighted by Gasteiger charge is -2.26. The Balaban J connectivity index is 2.59. The fraction of sp³-hybridized carbons (Fsp3) is 0.316. The van der Waals surface area contributed by atoms with Crippen LogP contribution in [0.2, 0.25) is 5.02 Å². The molecule has 0 unspecified atom stereocenters. The van der Waals surface area contributed by atoms with E-state index in [4.69, 9.17) is 16.3 Å². The molecular formula is C19H22ClNO4S. The van der Waals surface area contributed by atoms with Crippen LogP contribution in [-0.4, -0.2) is 27.5 Å². The Morgan fingerprint density at radius 2 is 1.77 bits per heavy atom. The number of anilines is 1. The van der Waals surface area contributed by atoms with E-state index in [9.17, 15) is 13.2 Å². The molecular weight excluding hydrogens is 374 g/mol. The van der Waals surface area contributed by atoms with E-state index in [1.807, 2.05) is 13.8 Å². The van der Waals surface area contributed by atoms with Crippen LogP contribution in [-0.2, 0) is 26.0 Å². The van der Waals surface area contributed by atoms with Gasteiger partial charge in [-0.15, -0.1) is 0 Å². The number of sulfonamides is 1. The molecule has 0 fully saturated rings. The van der Waals surface area contributed by atoms with Crippen LogP contribution in [0.15, 0.2) is 47.4 Å². The van der Waals surface area contributed by atoms with Crippen molar-refractivity contribution in [1.82, 2.24) is 0 Å². The molecule has 2 aromatic carbocycles. The number of aryl methyl sites for hydroxylation is 1. The van der Waals surface area contributed by atoms with Gasteiger partial charge in [0, 0.05) is 5.02 Å². The number of rotatable bonds is 7. The summed E-state index contributed by atoms with van der Waals surface area (Å²) in [5.41, 5.74) is 1.99. The molecule has 2 aromatic rings. The second-order valence-electron chi connectivity index (χ2n) is 5.72. The van der Waals surface area contributed by atoms with Crippen LogP contribution in [0.1, 0.15) is 25.0 Å². The number of hydrogen-bond donors (Lipinski definition) is 0. The van der Waals surface area contributed by atoms with Gasteiger partial charge in [-0.05, 0) is 50.1 Å². The average Bonchev–Trinajstić information content (AvgIpc) is 2.60. The summed E-state index contributed by atoms with van der Waals surface area (Å²) in [6, 6.07) is 11.5. The van der Waals surface area contributed by atoms with Crippen molar-refractivity contribution in [2.75, 3.05) is 17.5 Å². The van der Waals surface area contributed by atoms with Crippen molar-refractivity contribution >= 4 is 33.3 Å². The van der Waals surface area contributed by atoms with Crippen molar-refractivity contribution in [1.29, 1.82) is 0 Å². The SMILES string of the molecule is CCOC(=O)CN(c1cccc(Cl)c1CC)S(=O)(=O)c1ccc(C)cc1. The number of halogens is 1. The second-order valence-corrected chi connectivity index (χ2v) is 7.99. The van der Waals surface area contributed by atoms with Crippen molar-refractivity contribution in [3.63, 3.8) is 0 Å². The number of hydrogen-bond acceptors (Lipinski definition) is 4. The van der Waals surface area contributed by atoms with Gasteiger partial charge >= 0.3 is 5.97 Å². The zero-order valence-electron chi connectivity index (χ0n) is 15.0. The largest absolute Gasteiger partial charge is 0.465 e. The minimum absolute atomic E-state index is 0.106.